The molecule has 3 aromatic carbocycles. The van der Waals surface area contributed by atoms with Gasteiger partial charge in [-0.25, -0.2) is 4.57 Å². The Bertz CT molecular complexity index is 2020. The summed E-state index contributed by atoms with van der Waals surface area (Å²) in [6, 6.07) is 16.3. The van der Waals surface area contributed by atoms with Gasteiger partial charge in [-0.1, -0.05) is 69.9 Å². The second-order valence-corrected chi connectivity index (χ2v) is 8.68. The highest BCUT2D eigenvalue weighted by Gasteiger charge is 2.38. The van der Waals surface area contributed by atoms with Gasteiger partial charge in [0.05, 0.1) is 5.56 Å². The molecule has 0 saturated heterocycles. The summed E-state index contributed by atoms with van der Waals surface area (Å²) in [5, 5.41) is 1.04. The number of rotatable bonds is 2. The van der Waals surface area contributed by atoms with E-state index in [0.717, 1.165) is 0 Å². The number of hydrogen-bond donors (Lipinski definition) is 0. The molecule has 164 valence electrons. The van der Waals surface area contributed by atoms with Gasteiger partial charge in [0.25, 0.3) is 0 Å². The highest BCUT2D eigenvalue weighted by Crippen LogP contribution is 2.53. The molecular weight excluding hydrogens is 402 g/mol. The standard InChI is InChI=1S/C31H30NO/c1-18(2)20-15-16-32(6)26(17-20)27-19(3)11-12-23-24-14-13-22-21-9-7-8-10-25(21)31(4,5)28(22)30(24)33-29(23)27/h7-18H,1-6H3/q+1/i1D3,2D3,4D3,5D3,18D. The van der Waals surface area contributed by atoms with E-state index in [9.17, 15) is 0 Å². The maximum absolute atomic E-state index is 8.74. The maximum Gasteiger partial charge on any atom is 0.216 e. The fourth-order valence-corrected chi connectivity index (χ4v) is 5.07. The lowest BCUT2D eigenvalue weighted by Gasteiger charge is -2.21. The van der Waals surface area contributed by atoms with Gasteiger partial charge in [-0.05, 0) is 46.7 Å². The lowest BCUT2D eigenvalue weighted by molar-refractivity contribution is -0.660. The Kier molecular flexibility index (Phi) is 2.21. The van der Waals surface area contributed by atoms with E-state index >= 15 is 0 Å². The zero-order valence-electron chi connectivity index (χ0n) is 31.2. The largest absolute Gasteiger partial charge is 0.455 e. The maximum atomic E-state index is 8.74. The molecule has 1 aliphatic carbocycles. The van der Waals surface area contributed by atoms with Crippen molar-refractivity contribution in [1.29, 1.82) is 0 Å². The molecule has 2 heteroatoms. The van der Waals surface area contributed by atoms with E-state index in [1.807, 2.05) is 0 Å². The number of fused-ring (bicyclic) bond motifs is 7. The third kappa shape index (κ3) is 2.70. The molecule has 0 unspecified atom stereocenters. The fraction of sp³-hybridized carbons (Fsp3) is 0.258. The van der Waals surface area contributed by atoms with Crippen LogP contribution in [-0.2, 0) is 12.5 Å². The Balaban J connectivity index is 1.73. The molecule has 6 rings (SSSR count). The third-order valence-corrected chi connectivity index (χ3v) is 6.71. The van der Waals surface area contributed by atoms with Crippen LogP contribution in [0.5, 0.6) is 0 Å². The first-order valence-electron chi connectivity index (χ1n) is 17.2. The zero-order valence-corrected chi connectivity index (χ0v) is 18.2. The van der Waals surface area contributed by atoms with Gasteiger partial charge in [0.2, 0.25) is 5.69 Å². The van der Waals surface area contributed by atoms with Crippen LogP contribution in [0.25, 0.3) is 44.3 Å². The summed E-state index contributed by atoms with van der Waals surface area (Å²) in [6.45, 7) is -10.6. The Hall–Kier alpha value is -3.39. The molecule has 2 nitrogen and oxygen atoms in total. The molecule has 2 aromatic heterocycles. The predicted molar refractivity (Wildman–Crippen MR) is 137 cm³/mol. The molecule has 0 fully saturated rings. The van der Waals surface area contributed by atoms with Crippen LogP contribution in [-0.4, -0.2) is 0 Å². The molecule has 0 saturated carbocycles. The first-order valence-corrected chi connectivity index (χ1v) is 10.7. The van der Waals surface area contributed by atoms with E-state index < -0.39 is 38.7 Å². The van der Waals surface area contributed by atoms with Gasteiger partial charge in [-0.15, -0.1) is 0 Å². The molecule has 0 bridgehead atoms. The second-order valence-electron chi connectivity index (χ2n) is 8.68. The number of aryl methyl sites for hydroxylation is 2. The molecular formula is C31H30NO+. The molecule has 2 heterocycles. The predicted octanol–water partition coefficient (Wildman–Crippen LogP) is 7.82. The molecule has 0 radical (unpaired) electrons. The van der Waals surface area contributed by atoms with Gasteiger partial charge in [-0.2, -0.15) is 0 Å². The quantitative estimate of drug-likeness (QED) is 0.253. The Morgan fingerprint density at radius 2 is 1.73 bits per heavy atom. The summed E-state index contributed by atoms with van der Waals surface area (Å²) in [5.41, 5.74) is 0.327. The Labute approximate surface area is 213 Å². The van der Waals surface area contributed by atoms with E-state index in [1.54, 1.807) is 61.0 Å². The van der Waals surface area contributed by atoms with Crippen molar-refractivity contribution in [2.75, 3.05) is 0 Å². The second kappa shape index (κ2) is 6.81. The fourth-order valence-electron chi connectivity index (χ4n) is 5.07. The smallest absolute Gasteiger partial charge is 0.216 e. The van der Waals surface area contributed by atoms with E-state index in [4.69, 9.17) is 22.2 Å². The van der Waals surface area contributed by atoms with Gasteiger partial charge in [-0.3, -0.25) is 0 Å². The van der Waals surface area contributed by atoms with Crippen LogP contribution < -0.4 is 4.57 Å². The summed E-state index contributed by atoms with van der Waals surface area (Å²) in [4.78, 5) is 0. The number of aromatic nitrogens is 1. The highest BCUT2D eigenvalue weighted by atomic mass is 16.3. The van der Waals surface area contributed by atoms with Crippen molar-refractivity contribution in [3.8, 4) is 22.4 Å². The molecule has 0 aliphatic heterocycles. The lowest BCUT2D eigenvalue weighted by atomic mass is 9.82. The number of benzene rings is 3. The van der Waals surface area contributed by atoms with Crippen LogP contribution in [0.2, 0.25) is 0 Å². The summed E-state index contributed by atoms with van der Waals surface area (Å²) in [5.74, 6) is -2.94. The Morgan fingerprint density at radius 3 is 2.55 bits per heavy atom. The van der Waals surface area contributed by atoms with Crippen LogP contribution in [0.3, 0.4) is 0 Å². The number of nitrogens with zero attached hydrogens (tertiary/aromatic N) is 1. The van der Waals surface area contributed by atoms with Crippen molar-refractivity contribution in [1.82, 2.24) is 0 Å². The van der Waals surface area contributed by atoms with Crippen LogP contribution in [0.15, 0.2) is 71.3 Å². The van der Waals surface area contributed by atoms with Gasteiger partial charge in [0.15, 0.2) is 6.20 Å². The average Bonchev–Trinajstić information content (AvgIpc) is 3.45. The number of pyridine rings is 1. The van der Waals surface area contributed by atoms with Crippen molar-refractivity contribution >= 4 is 21.9 Å². The number of furan rings is 1. The van der Waals surface area contributed by atoms with E-state index in [2.05, 4.69) is 0 Å². The van der Waals surface area contributed by atoms with Gasteiger partial charge < -0.3 is 4.42 Å². The van der Waals surface area contributed by atoms with Crippen molar-refractivity contribution in [3.05, 3.63) is 89.1 Å². The molecule has 0 N–H and O–H groups in total. The molecule has 0 spiro atoms. The zero-order chi connectivity index (χ0) is 34.0. The molecule has 33 heavy (non-hydrogen) atoms. The lowest BCUT2D eigenvalue weighted by Crippen LogP contribution is -2.31. The van der Waals surface area contributed by atoms with Crippen molar-refractivity contribution < 1.29 is 26.8 Å². The van der Waals surface area contributed by atoms with Crippen LogP contribution in [0.1, 0.15) is 73.4 Å². The summed E-state index contributed by atoms with van der Waals surface area (Å²) in [7, 11) is 1.68. The topological polar surface area (TPSA) is 17.0 Å². The van der Waals surface area contributed by atoms with Crippen LogP contribution in [0, 0.1) is 6.92 Å². The highest BCUT2D eigenvalue weighted by molar-refractivity contribution is 6.12. The molecule has 0 amide bonds. The minimum atomic E-state index is -3.20. The minimum Gasteiger partial charge on any atom is -0.455 e. The van der Waals surface area contributed by atoms with Crippen molar-refractivity contribution in [2.24, 2.45) is 7.05 Å². The monoisotopic (exact) mass is 445 g/mol. The molecule has 0 atom stereocenters. The van der Waals surface area contributed by atoms with E-state index in [-0.39, 0.29) is 27.9 Å². The van der Waals surface area contributed by atoms with Gasteiger partial charge in [0.1, 0.15) is 18.2 Å². The van der Waals surface area contributed by atoms with Gasteiger partial charge >= 0.3 is 0 Å². The van der Waals surface area contributed by atoms with Gasteiger partial charge in [0, 0.05) is 51.7 Å². The molecule has 5 aromatic rings. The van der Waals surface area contributed by atoms with Crippen LogP contribution in [0.4, 0.5) is 0 Å². The normalized spacial score (nSPS) is 21.9. The minimum absolute atomic E-state index is 0.0408. The summed E-state index contributed by atoms with van der Waals surface area (Å²) >= 11 is 0. The first kappa shape index (κ1) is 10.7. The first-order chi connectivity index (χ1) is 21.1. The van der Waals surface area contributed by atoms with Crippen LogP contribution >= 0.6 is 0 Å². The SMILES string of the molecule is [2H]C([2H])([2H])C([2H])(c1cc[n+](C)c(-c2c(C)ccc3c2oc2c4c(ccc23)-c2ccccc2C4(C([2H])([2H])[2H])C([2H])([2H])[2H])c1)C([2H])([2H])[2H]. The van der Waals surface area contributed by atoms with Crippen molar-refractivity contribution in [3.63, 3.8) is 0 Å². The van der Waals surface area contributed by atoms with E-state index in [1.165, 1.54) is 24.4 Å². The molecule has 1 aliphatic rings. The summed E-state index contributed by atoms with van der Waals surface area (Å²) in [6.07, 6.45) is 1.48. The van der Waals surface area contributed by atoms with Crippen molar-refractivity contribution in [2.45, 2.75) is 45.6 Å². The van der Waals surface area contributed by atoms with E-state index in [0.29, 0.717) is 38.7 Å². The Morgan fingerprint density at radius 1 is 0.939 bits per heavy atom. The third-order valence-electron chi connectivity index (χ3n) is 6.71. The summed E-state index contributed by atoms with van der Waals surface area (Å²) < 4.78 is 117. The number of hydrogen-bond acceptors (Lipinski definition) is 1. The average molecular weight is 446 g/mol.